The Morgan fingerprint density at radius 2 is 2.00 bits per heavy atom. The fraction of sp³-hybridized carbons (Fsp3) is 0.500. The molecule has 0 amide bonds. The summed E-state index contributed by atoms with van der Waals surface area (Å²) in [5.74, 6) is 1.07. The van der Waals surface area contributed by atoms with Gasteiger partial charge in [0, 0.05) is 17.8 Å². The van der Waals surface area contributed by atoms with Crippen molar-refractivity contribution in [3.05, 3.63) is 29.8 Å². The van der Waals surface area contributed by atoms with Gasteiger partial charge in [-0.05, 0) is 43.5 Å². The summed E-state index contributed by atoms with van der Waals surface area (Å²) in [4.78, 5) is 11.1. The average molecular weight is 217 g/mol. The third kappa shape index (κ3) is 2.84. The fourth-order valence-corrected chi connectivity index (χ4v) is 2.02. The Labute approximate surface area is 97.1 Å². The molecule has 86 valence electrons. The third-order valence-corrected chi connectivity index (χ3v) is 3.40. The first-order chi connectivity index (χ1) is 7.75. The summed E-state index contributed by atoms with van der Waals surface area (Å²) in [6, 6.07) is 7.73. The Kier molecular flexibility index (Phi) is 3.60. The molecular formula is C14H19NO. The molecule has 1 N–H and O–H groups in total. The van der Waals surface area contributed by atoms with Gasteiger partial charge >= 0.3 is 0 Å². The van der Waals surface area contributed by atoms with Crippen molar-refractivity contribution in [1.82, 2.24) is 0 Å². The van der Waals surface area contributed by atoms with E-state index in [2.05, 4.69) is 5.32 Å². The molecule has 1 aliphatic rings. The van der Waals surface area contributed by atoms with Crippen LogP contribution in [0.15, 0.2) is 24.3 Å². The summed E-state index contributed by atoms with van der Waals surface area (Å²) < 4.78 is 0. The summed E-state index contributed by atoms with van der Waals surface area (Å²) in [6.45, 7) is 2.64. The van der Waals surface area contributed by atoms with Crippen molar-refractivity contribution < 1.29 is 4.79 Å². The SMILES string of the molecule is CC(=O)c1ccc(NCCC2CCC2)cc1. The first kappa shape index (κ1) is 11.2. The van der Waals surface area contributed by atoms with E-state index in [1.165, 1.54) is 25.7 Å². The van der Waals surface area contributed by atoms with Gasteiger partial charge in [0.1, 0.15) is 0 Å². The van der Waals surface area contributed by atoms with E-state index < -0.39 is 0 Å². The number of nitrogens with one attached hydrogen (secondary N) is 1. The standard InChI is InChI=1S/C14H19NO/c1-11(16)13-5-7-14(8-6-13)15-10-9-12-3-2-4-12/h5-8,12,15H,2-4,9-10H2,1H3. The molecule has 2 heteroatoms. The molecular weight excluding hydrogens is 198 g/mol. The van der Waals surface area contributed by atoms with Crippen LogP contribution < -0.4 is 5.32 Å². The Balaban J connectivity index is 1.78. The first-order valence-corrected chi connectivity index (χ1v) is 6.10. The van der Waals surface area contributed by atoms with Gasteiger partial charge in [-0.25, -0.2) is 0 Å². The molecule has 0 radical (unpaired) electrons. The Hall–Kier alpha value is -1.31. The van der Waals surface area contributed by atoms with Crippen LogP contribution in [0.3, 0.4) is 0 Å². The van der Waals surface area contributed by atoms with Gasteiger partial charge in [-0.15, -0.1) is 0 Å². The number of hydrogen-bond acceptors (Lipinski definition) is 2. The quantitative estimate of drug-likeness (QED) is 0.765. The van der Waals surface area contributed by atoms with Crippen LogP contribution in [-0.2, 0) is 0 Å². The van der Waals surface area contributed by atoms with Gasteiger partial charge in [-0.1, -0.05) is 19.3 Å². The Morgan fingerprint density at radius 1 is 1.31 bits per heavy atom. The highest BCUT2D eigenvalue weighted by molar-refractivity contribution is 5.94. The number of carbonyl (C=O) groups excluding carboxylic acids is 1. The first-order valence-electron chi connectivity index (χ1n) is 6.10. The number of Topliss-reactive ketones (excluding diaryl/α,β-unsaturated/α-hetero) is 1. The molecule has 0 unspecified atom stereocenters. The topological polar surface area (TPSA) is 29.1 Å². The average Bonchev–Trinajstić information content (AvgIpc) is 2.22. The predicted molar refractivity (Wildman–Crippen MR) is 66.9 cm³/mol. The second kappa shape index (κ2) is 5.15. The van der Waals surface area contributed by atoms with Crippen molar-refractivity contribution >= 4 is 11.5 Å². The van der Waals surface area contributed by atoms with Crippen LogP contribution in [0, 0.1) is 5.92 Å². The molecule has 2 rings (SSSR count). The molecule has 2 nitrogen and oxygen atoms in total. The summed E-state index contributed by atoms with van der Waals surface area (Å²) in [5, 5.41) is 3.40. The minimum atomic E-state index is 0.126. The molecule has 1 fully saturated rings. The van der Waals surface area contributed by atoms with Crippen molar-refractivity contribution in [2.75, 3.05) is 11.9 Å². The van der Waals surface area contributed by atoms with E-state index in [0.29, 0.717) is 0 Å². The summed E-state index contributed by atoms with van der Waals surface area (Å²) in [5.41, 5.74) is 1.90. The zero-order valence-corrected chi connectivity index (χ0v) is 9.83. The zero-order valence-electron chi connectivity index (χ0n) is 9.83. The van der Waals surface area contributed by atoms with Crippen molar-refractivity contribution in [1.29, 1.82) is 0 Å². The fourth-order valence-electron chi connectivity index (χ4n) is 2.02. The molecule has 1 aliphatic carbocycles. The lowest BCUT2D eigenvalue weighted by molar-refractivity contribution is 0.101. The minimum absolute atomic E-state index is 0.126. The second-order valence-corrected chi connectivity index (χ2v) is 4.65. The molecule has 0 aromatic heterocycles. The molecule has 0 aliphatic heterocycles. The van der Waals surface area contributed by atoms with E-state index in [4.69, 9.17) is 0 Å². The maximum absolute atomic E-state index is 11.1. The highest BCUT2D eigenvalue weighted by Crippen LogP contribution is 2.29. The van der Waals surface area contributed by atoms with Crippen LogP contribution in [0.1, 0.15) is 43.0 Å². The molecule has 1 aromatic rings. The van der Waals surface area contributed by atoms with E-state index in [1.54, 1.807) is 6.92 Å². The number of anilines is 1. The van der Waals surface area contributed by atoms with Crippen molar-refractivity contribution in [3.8, 4) is 0 Å². The van der Waals surface area contributed by atoms with Gasteiger partial charge < -0.3 is 5.32 Å². The van der Waals surface area contributed by atoms with Crippen LogP contribution in [0.2, 0.25) is 0 Å². The Morgan fingerprint density at radius 3 is 2.50 bits per heavy atom. The summed E-state index contributed by atoms with van der Waals surface area (Å²) in [7, 11) is 0. The van der Waals surface area contributed by atoms with Crippen LogP contribution in [0.4, 0.5) is 5.69 Å². The van der Waals surface area contributed by atoms with Gasteiger partial charge in [0.2, 0.25) is 0 Å². The van der Waals surface area contributed by atoms with Crippen LogP contribution in [-0.4, -0.2) is 12.3 Å². The van der Waals surface area contributed by atoms with Gasteiger partial charge in [0.15, 0.2) is 5.78 Å². The normalized spacial score (nSPS) is 15.6. The molecule has 0 bridgehead atoms. The maximum Gasteiger partial charge on any atom is 0.159 e. The monoisotopic (exact) mass is 217 g/mol. The highest BCUT2D eigenvalue weighted by Gasteiger charge is 2.16. The zero-order chi connectivity index (χ0) is 11.4. The molecule has 1 aromatic carbocycles. The number of hydrogen-bond donors (Lipinski definition) is 1. The molecule has 0 saturated heterocycles. The van der Waals surface area contributed by atoms with E-state index in [-0.39, 0.29) is 5.78 Å². The lowest BCUT2D eigenvalue weighted by atomic mass is 9.83. The number of carbonyl (C=O) groups is 1. The van der Waals surface area contributed by atoms with Crippen molar-refractivity contribution in [2.45, 2.75) is 32.6 Å². The highest BCUT2D eigenvalue weighted by atomic mass is 16.1. The van der Waals surface area contributed by atoms with Gasteiger partial charge in [0.05, 0.1) is 0 Å². The molecule has 0 spiro atoms. The largest absolute Gasteiger partial charge is 0.385 e. The van der Waals surface area contributed by atoms with Gasteiger partial charge in [0.25, 0.3) is 0 Å². The van der Waals surface area contributed by atoms with Gasteiger partial charge in [-0.3, -0.25) is 4.79 Å². The van der Waals surface area contributed by atoms with E-state index in [1.807, 2.05) is 24.3 Å². The molecule has 0 heterocycles. The predicted octanol–water partition coefficient (Wildman–Crippen LogP) is 3.49. The van der Waals surface area contributed by atoms with E-state index in [9.17, 15) is 4.79 Å². The maximum atomic E-state index is 11.1. The lowest BCUT2D eigenvalue weighted by Crippen LogP contribution is -2.15. The smallest absolute Gasteiger partial charge is 0.159 e. The molecule has 1 saturated carbocycles. The van der Waals surface area contributed by atoms with E-state index in [0.717, 1.165) is 23.7 Å². The van der Waals surface area contributed by atoms with Crippen LogP contribution in [0.25, 0.3) is 0 Å². The van der Waals surface area contributed by atoms with Gasteiger partial charge in [-0.2, -0.15) is 0 Å². The number of rotatable bonds is 5. The Bertz CT molecular complexity index is 352. The van der Waals surface area contributed by atoms with Crippen molar-refractivity contribution in [3.63, 3.8) is 0 Å². The summed E-state index contributed by atoms with van der Waals surface area (Å²) in [6.07, 6.45) is 5.50. The number of benzene rings is 1. The van der Waals surface area contributed by atoms with Crippen LogP contribution >= 0.6 is 0 Å². The second-order valence-electron chi connectivity index (χ2n) is 4.65. The lowest BCUT2D eigenvalue weighted by Gasteiger charge is -2.25. The van der Waals surface area contributed by atoms with E-state index >= 15 is 0 Å². The number of ketones is 1. The minimum Gasteiger partial charge on any atom is -0.385 e. The molecule has 16 heavy (non-hydrogen) atoms. The van der Waals surface area contributed by atoms with Crippen LogP contribution in [0.5, 0.6) is 0 Å². The van der Waals surface area contributed by atoms with Crippen molar-refractivity contribution in [2.24, 2.45) is 5.92 Å². The molecule has 0 atom stereocenters. The third-order valence-electron chi connectivity index (χ3n) is 3.40. The summed E-state index contributed by atoms with van der Waals surface area (Å²) >= 11 is 0.